The average Bonchev–Trinajstić information content (AvgIpc) is 4.03. The molecule has 0 spiro atoms. The van der Waals surface area contributed by atoms with E-state index in [1.807, 2.05) is 18.2 Å². The Balaban J connectivity index is 1.06. The molecule has 1 aromatic carbocycles. The normalized spacial score (nSPS) is 23.2. The van der Waals surface area contributed by atoms with Gasteiger partial charge in [0.25, 0.3) is 0 Å². The zero-order valence-corrected chi connectivity index (χ0v) is 36.7. The van der Waals surface area contributed by atoms with Gasteiger partial charge in [0, 0.05) is 35.9 Å². The summed E-state index contributed by atoms with van der Waals surface area (Å²) < 4.78 is 38.8. The number of likely N-dealkylation sites (tertiary alicyclic amines) is 1. The average molecular weight is 836 g/mol. The van der Waals surface area contributed by atoms with E-state index in [0.717, 1.165) is 77.2 Å². The van der Waals surface area contributed by atoms with Crippen LogP contribution in [0.25, 0.3) is 11.3 Å². The summed E-state index contributed by atoms with van der Waals surface area (Å²) in [6, 6.07) is 2.54. The van der Waals surface area contributed by atoms with Gasteiger partial charge in [0.05, 0.1) is 30.1 Å². The second kappa shape index (κ2) is 18.1. The molecule has 1 saturated heterocycles. The molecule has 6 rings (SSSR count). The third kappa shape index (κ3) is 9.71. The maximum Gasteiger partial charge on any atom is 0.242 e. The van der Waals surface area contributed by atoms with Gasteiger partial charge in [-0.2, -0.15) is 0 Å². The minimum absolute atomic E-state index is 0.0686. The standard InChI is InChI=1S/C44H61N5O7S2/c1-26(2)36-25-57-42(47-36)33-23-39(32-17-18-38(55-7)28(4)31(32)16-15-27(33)3)56-30-22-37(41(51)46-6)49(24-30)43(52)35(45)14-12-10-8-9-11-13-29-21-34(29)40(50)48-58(53,54)44(5)19-20-44/h11,13,17-18,23,25-26,29-30,34-35,37H,8-10,12,14-16,19-22,24,45H2,1-7H3,(H,46,51)(H,48,50). The van der Waals surface area contributed by atoms with Crippen molar-refractivity contribution < 1.29 is 32.3 Å². The number of amides is 3. The molecule has 5 unspecified atom stereocenters. The van der Waals surface area contributed by atoms with E-state index in [4.69, 9.17) is 20.2 Å². The Bertz CT molecular complexity index is 2080. The van der Waals surface area contributed by atoms with Crippen LogP contribution in [0, 0.1) is 18.8 Å². The largest absolute Gasteiger partial charge is 0.496 e. The second-order valence-electron chi connectivity index (χ2n) is 17.0. The first-order valence-electron chi connectivity index (χ1n) is 20.8. The van der Waals surface area contributed by atoms with Gasteiger partial charge in [-0.1, -0.05) is 44.4 Å². The second-order valence-corrected chi connectivity index (χ2v) is 20.1. The first-order valence-corrected chi connectivity index (χ1v) is 23.1. The SMILES string of the molecule is CNC(=O)C1CC(OC2=CC(c3nc(C(C)C)cs3)=C(C)CCc3c2ccc(OC)c3C)CN1C(=O)C(N)CCCCCC=CC1CC1C(=O)NS(=O)(=O)C1(C)CC1. The summed E-state index contributed by atoms with van der Waals surface area (Å²) in [4.78, 5) is 46.1. The maximum absolute atomic E-state index is 13.9. The minimum Gasteiger partial charge on any atom is -0.496 e. The van der Waals surface area contributed by atoms with Crippen molar-refractivity contribution >= 4 is 50.4 Å². The lowest BCUT2D eigenvalue weighted by molar-refractivity contribution is -0.139. The summed E-state index contributed by atoms with van der Waals surface area (Å²) in [5, 5.41) is 5.80. The Morgan fingerprint density at radius 2 is 1.86 bits per heavy atom. The van der Waals surface area contributed by atoms with Crippen LogP contribution >= 0.6 is 11.3 Å². The molecule has 1 aliphatic heterocycles. The molecule has 3 aliphatic carbocycles. The van der Waals surface area contributed by atoms with Gasteiger partial charge in [0.1, 0.15) is 28.7 Å². The highest BCUT2D eigenvalue weighted by Gasteiger charge is 2.52. The third-order valence-electron chi connectivity index (χ3n) is 12.4. The van der Waals surface area contributed by atoms with Gasteiger partial charge < -0.3 is 25.4 Å². The van der Waals surface area contributed by atoms with Gasteiger partial charge in [0.15, 0.2) is 0 Å². The Morgan fingerprint density at radius 1 is 1.10 bits per heavy atom. The van der Waals surface area contributed by atoms with Gasteiger partial charge in [-0.15, -0.1) is 11.3 Å². The summed E-state index contributed by atoms with van der Waals surface area (Å²) in [5.41, 5.74) is 13.0. The van der Waals surface area contributed by atoms with Crippen molar-refractivity contribution in [3.63, 3.8) is 0 Å². The fraction of sp³-hybridized carbons (Fsp3) is 0.591. The van der Waals surface area contributed by atoms with E-state index in [9.17, 15) is 22.8 Å². The molecule has 3 amide bonds. The number of nitrogens with two attached hydrogens (primary N) is 1. The predicted octanol–water partition coefficient (Wildman–Crippen LogP) is 6.55. The number of benzene rings is 1. The number of nitrogens with zero attached hydrogens (tertiary/aromatic N) is 2. The molecule has 2 heterocycles. The van der Waals surface area contributed by atoms with Crippen molar-refractivity contribution in [1.82, 2.24) is 19.9 Å². The van der Waals surface area contributed by atoms with E-state index in [1.165, 1.54) is 5.57 Å². The van der Waals surface area contributed by atoms with Gasteiger partial charge in [-0.05, 0) is 113 Å². The molecule has 3 fully saturated rings. The molecule has 5 atom stereocenters. The van der Waals surface area contributed by atoms with Crippen molar-refractivity contribution in [3.8, 4) is 5.75 Å². The molecule has 4 N–H and O–H groups in total. The van der Waals surface area contributed by atoms with Crippen molar-refractivity contribution in [2.45, 2.75) is 134 Å². The van der Waals surface area contributed by atoms with Gasteiger partial charge in [-0.25, -0.2) is 13.4 Å². The van der Waals surface area contributed by atoms with E-state index < -0.39 is 38.9 Å². The minimum atomic E-state index is -3.61. The summed E-state index contributed by atoms with van der Waals surface area (Å²) in [6.45, 7) is 10.4. The van der Waals surface area contributed by atoms with Crippen LogP contribution < -0.4 is 20.5 Å². The fourth-order valence-electron chi connectivity index (χ4n) is 7.94. The zero-order valence-electron chi connectivity index (χ0n) is 35.1. The number of aromatic nitrogens is 1. The molecule has 1 aromatic heterocycles. The molecular weight excluding hydrogens is 775 g/mol. The van der Waals surface area contributed by atoms with E-state index in [-0.39, 0.29) is 30.2 Å². The molecule has 12 nitrogen and oxygen atoms in total. The Labute approximate surface area is 348 Å². The summed E-state index contributed by atoms with van der Waals surface area (Å²) in [5.74, 6) is 0.676. The van der Waals surface area contributed by atoms with E-state index in [2.05, 4.69) is 55.3 Å². The molecule has 0 bridgehead atoms. The lowest BCUT2D eigenvalue weighted by Crippen LogP contribution is -2.50. The van der Waals surface area contributed by atoms with Crippen LogP contribution in [-0.4, -0.2) is 79.7 Å². The predicted molar refractivity (Wildman–Crippen MR) is 228 cm³/mol. The highest BCUT2D eigenvalue weighted by molar-refractivity contribution is 7.91. The number of hydrogen-bond donors (Lipinski definition) is 3. The first-order chi connectivity index (χ1) is 27.6. The third-order valence-corrected chi connectivity index (χ3v) is 15.4. The highest BCUT2D eigenvalue weighted by Crippen LogP contribution is 2.44. The zero-order chi connectivity index (χ0) is 41.9. The summed E-state index contributed by atoms with van der Waals surface area (Å²) >= 11 is 1.63. The van der Waals surface area contributed by atoms with Crippen molar-refractivity contribution in [1.29, 1.82) is 0 Å². The van der Waals surface area contributed by atoms with Crippen LogP contribution in [0.1, 0.15) is 125 Å². The number of thiazole rings is 1. The number of allylic oxidation sites excluding steroid dienone is 5. The van der Waals surface area contributed by atoms with Gasteiger partial charge in [0.2, 0.25) is 27.7 Å². The Morgan fingerprint density at radius 3 is 2.53 bits per heavy atom. The van der Waals surface area contributed by atoms with Crippen LogP contribution in [0.5, 0.6) is 5.75 Å². The van der Waals surface area contributed by atoms with Crippen molar-refractivity contribution in [2.75, 3.05) is 20.7 Å². The maximum atomic E-state index is 13.9. The number of nitrogens with one attached hydrogen (secondary N) is 2. The van der Waals surface area contributed by atoms with Crippen LogP contribution in [0.3, 0.4) is 0 Å². The monoisotopic (exact) mass is 835 g/mol. The Kier molecular flexibility index (Phi) is 13.6. The smallest absolute Gasteiger partial charge is 0.242 e. The van der Waals surface area contributed by atoms with Crippen molar-refractivity contribution in [2.24, 2.45) is 17.6 Å². The van der Waals surface area contributed by atoms with E-state index in [0.29, 0.717) is 43.8 Å². The molecule has 2 aromatic rings. The molecule has 4 aliphatic rings. The number of carbonyl (C=O) groups is 3. The first kappa shape index (κ1) is 43.6. The number of methoxy groups -OCH3 is 1. The number of likely N-dealkylation sites (N-methyl/N-ethyl adjacent to an activating group) is 1. The molecule has 316 valence electrons. The van der Waals surface area contributed by atoms with Crippen molar-refractivity contribution in [3.05, 3.63) is 68.7 Å². The molecule has 58 heavy (non-hydrogen) atoms. The fourth-order valence-corrected chi connectivity index (χ4v) is 10.3. The summed E-state index contributed by atoms with van der Waals surface area (Å²) in [7, 11) is -0.354. The number of unbranched alkanes of at least 4 members (excludes halogenated alkanes) is 3. The quantitative estimate of drug-likeness (QED) is 0.118. The van der Waals surface area contributed by atoms with Crippen LogP contribution in [-0.2, 0) is 35.6 Å². The number of rotatable bonds is 17. The molecule has 2 saturated carbocycles. The lowest BCUT2D eigenvalue weighted by atomic mass is 9.89. The molecule has 14 heteroatoms. The molecule has 0 radical (unpaired) electrons. The molecular formula is C44H61N5O7S2. The van der Waals surface area contributed by atoms with Gasteiger partial charge in [-0.3, -0.25) is 19.1 Å². The number of fused-ring (bicyclic) bond motifs is 1. The Hall–Kier alpha value is -4.01. The lowest BCUT2D eigenvalue weighted by Gasteiger charge is -2.26. The number of carbonyl (C=O) groups excluding carboxylic acids is 3. The number of ether oxygens (including phenoxy) is 2. The number of sulfonamides is 1. The van der Waals surface area contributed by atoms with E-state index in [1.54, 1.807) is 37.3 Å². The topological polar surface area (TPSA) is 170 Å². The van der Waals surface area contributed by atoms with Crippen LogP contribution in [0.15, 0.2) is 41.3 Å². The highest BCUT2D eigenvalue weighted by atomic mass is 32.2. The number of hydrogen-bond acceptors (Lipinski definition) is 10. The van der Waals surface area contributed by atoms with Gasteiger partial charge >= 0.3 is 0 Å². The van der Waals surface area contributed by atoms with Crippen LogP contribution in [0.2, 0.25) is 0 Å². The summed E-state index contributed by atoms with van der Waals surface area (Å²) in [6.07, 6.45) is 13.3. The van der Waals surface area contributed by atoms with Crippen LogP contribution in [0.4, 0.5) is 0 Å². The van der Waals surface area contributed by atoms with E-state index >= 15 is 0 Å².